The molecule has 0 saturated heterocycles. The van der Waals surface area contributed by atoms with E-state index in [1.54, 1.807) is 11.9 Å². The van der Waals surface area contributed by atoms with Gasteiger partial charge in [0.25, 0.3) is 0 Å². The van der Waals surface area contributed by atoms with Crippen LogP contribution < -0.4 is 5.43 Å². The van der Waals surface area contributed by atoms with E-state index in [2.05, 4.69) is 13.8 Å². The highest BCUT2D eigenvalue weighted by Gasteiger charge is 2.16. The van der Waals surface area contributed by atoms with Crippen LogP contribution in [0.2, 0.25) is 0 Å². The summed E-state index contributed by atoms with van der Waals surface area (Å²) in [6.45, 7) is 7.35. The number of rotatable bonds is 7. The van der Waals surface area contributed by atoms with Crippen LogP contribution in [-0.2, 0) is 17.9 Å². The van der Waals surface area contributed by atoms with Crippen LogP contribution in [0.25, 0.3) is 0 Å². The van der Waals surface area contributed by atoms with E-state index in [0.717, 1.165) is 5.69 Å². The van der Waals surface area contributed by atoms with E-state index >= 15 is 0 Å². The minimum Gasteiger partial charge on any atom is -0.503 e. The van der Waals surface area contributed by atoms with Crippen molar-refractivity contribution in [3.05, 3.63) is 27.7 Å². The SMILES string of the molecule is Cc1cc(=O)c(O)c(CN(C)CCC(=O)O)n1CC(C)C. The minimum atomic E-state index is -0.866. The number of pyridine rings is 1. The van der Waals surface area contributed by atoms with Gasteiger partial charge in [-0.3, -0.25) is 14.5 Å². The fraction of sp³-hybridized carbons (Fsp3) is 0.600. The zero-order chi connectivity index (χ0) is 16.2. The largest absolute Gasteiger partial charge is 0.503 e. The van der Waals surface area contributed by atoms with Crippen LogP contribution in [0.15, 0.2) is 10.9 Å². The number of aryl methyl sites for hydroxylation is 1. The Balaban J connectivity index is 3.08. The molecule has 0 aliphatic heterocycles. The number of aromatic hydroxyl groups is 1. The Hall–Kier alpha value is -1.82. The number of carbonyl (C=O) groups is 1. The third-order valence-corrected chi connectivity index (χ3v) is 3.27. The van der Waals surface area contributed by atoms with E-state index in [9.17, 15) is 14.7 Å². The number of nitrogens with zero attached hydrogens (tertiary/aromatic N) is 2. The first-order valence-corrected chi connectivity index (χ1v) is 7.05. The molecule has 0 radical (unpaired) electrons. The van der Waals surface area contributed by atoms with E-state index in [1.165, 1.54) is 6.07 Å². The first-order chi connectivity index (χ1) is 9.72. The molecule has 1 aromatic rings. The second-order valence-corrected chi connectivity index (χ2v) is 5.83. The summed E-state index contributed by atoms with van der Waals surface area (Å²) in [6.07, 6.45) is 0.0253. The molecule has 2 N–H and O–H groups in total. The third kappa shape index (κ3) is 4.90. The summed E-state index contributed by atoms with van der Waals surface area (Å²) in [5.41, 5.74) is 0.948. The highest BCUT2D eigenvalue weighted by atomic mass is 16.4. The molecular formula is C15H24N2O4. The summed E-state index contributed by atoms with van der Waals surface area (Å²) in [6, 6.07) is 1.43. The average molecular weight is 296 g/mol. The van der Waals surface area contributed by atoms with Crippen molar-refractivity contribution >= 4 is 5.97 Å². The van der Waals surface area contributed by atoms with Crippen molar-refractivity contribution in [2.45, 2.75) is 40.3 Å². The maximum atomic E-state index is 11.8. The van der Waals surface area contributed by atoms with Gasteiger partial charge in [0, 0.05) is 31.4 Å². The Bertz CT molecular complexity index is 564. The topological polar surface area (TPSA) is 82.8 Å². The number of aliphatic carboxylic acids is 1. The second-order valence-electron chi connectivity index (χ2n) is 5.83. The molecule has 0 amide bonds. The molecule has 21 heavy (non-hydrogen) atoms. The van der Waals surface area contributed by atoms with Gasteiger partial charge in [-0.1, -0.05) is 13.8 Å². The summed E-state index contributed by atoms with van der Waals surface area (Å²) >= 11 is 0. The van der Waals surface area contributed by atoms with Gasteiger partial charge in [-0.25, -0.2) is 0 Å². The van der Waals surface area contributed by atoms with Crippen LogP contribution in [0.3, 0.4) is 0 Å². The summed E-state index contributed by atoms with van der Waals surface area (Å²) < 4.78 is 1.93. The van der Waals surface area contributed by atoms with E-state index in [4.69, 9.17) is 5.11 Å². The van der Waals surface area contributed by atoms with Gasteiger partial charge in [0.15, 0.2) is 5.75 Å². The van der Waals surface area contributed by atoms with Crippen molar-refractivity contribution in [3.8, 4) is 5.75 Å². The van der Waals surface area contributed by atoms with E-state index in [-0.39, 0.29) is 12.2 Å². The molecule has 0 unspecified atom stereocenters. The predicted molar refractivity (Wildman–Crippen MR) is 80.5 cm³/mol. The number of aromatic nitrogens is 1. The van der Waals surface area contributed by atoms with Gasteiger partial charge in [-0.2, -0.15) is 0 Å². The van der Waals surface area contributed by atoms with Crippen LogP contribution in [0, 0.1) is 12.8 Å². The fourth-order valence-corrected chi connectivity index (χ4v) is 2.22. The average Bonchev–Trinajstić information content (AvgIpc) is 2.37. The third-order valence-electron chi connectivity index (χ3n) is 3.27. The van der Waals surface area contributed by atoms with Crippen LogP contribution >= 0.6 is 0 Å². The summed E-state index contributed by atoms with van der Waals surface area (Å²) in [5, 5.41) is 18.8. The summed E-state index contributed by atoms with van der Waals surface area (Å²) in [7, 11) is 1.77. The van der Waals surface area contributed by atoms with E-state index in [1.807, 2.05) is 11.5 Å². The van der Waals surface area contributed by atoms with Gasteiger partial charge in [0.2, 0.25) is 5.43 Å². The quantitative estimate of drug-likeness (QED) is 0.795. The van der Waals surface area contributed by atoms with Crippen molar-refractivity contribution in [3.63, 3.8) is 0 Å². The molecule has 0 bridgehead atoms. The van der Waals surface area contributed by atoms with Crippen molar-refractivity contribution in [1.29, 1.82) is 0 Å². The Morgan fingerprint density at radius 2 is 2.05 bits per heavy atom. The summed E-state index contributed by atoms with van der Waals surface area (Å²) in [5.74, 6) is -0.744. The Labute approximate surface area is 124 Å². The van der Waals surface area contributed by atoms with Crippen LogP contribution in [-0.4, -0.2) is 39.2 Å². The van der Waals surface area contributed by atoms with Crippen LogP contribution in [0.4, 0.5) is 0 Å². The molecule has 0 spiro atoms. The molecule has 0 aliphatic rings. The molecule has 6 heteroatoms. The molecule has 118 valence electrons. The lowest BCUT2D eigenvalue weighted by molar-refractivity contribution is -0.137. The van der Waals surface area contributed by atoms with Gasteiger partial charge < -0.3 is 14.8 Å². The van der Waals surface area contributed by atoms with Gasteiger partial charge in [-0.05, 0) is 19.9 Å². The lowest BCUT2D eigenvalue weighted by Crippen LogP contribution is -2.27. The van der Waals surface area contributed by atoms with E-state index in [0.29, 0.717) is 31.2 Å². The Morgan fingerprint density at radius 1 is 1.43 bits per heavy atom. The lowest BCUT2D eigenvalue weighted by atomic mass is 10.1. The zero-order valence-electron chi connectivity index (χ0n) is 13.1. The molecule has 1 heterocycles. The van der Waals surface area contributed by atoms with E-state index < -0.39 is 11.4 Å². The lowest BCUT2D eigenvalue weighted by Gasteiger charge is -2.23. The van der Waals surface area contributed by atoms with Crippen molar-refractivity contribution in [2.24, 2.45) is 5.92 Å². The molecule has 0 atom stereocenters. The van der Waals surface area contributed by atoms with Crippen LogP contribution in [0.1, 0.15) is 31.7 Å². The molecule has 0 aliphatic carbocycles. The molecule has 0 aromatic carbocycles. The van der Waals surface area contributed by atoms with Crippen molar-refractivity contribution < 1.29 is 15.0 Å². The van der Waals surface area contributed by atoms with Gasteiger partial charge >= 0.3 is 5.97 Å². The highest BCUT2D eigenvalue weighted by Crippen LogP contribution is 2.18. The number of carboxylic acid groups (broad SMARTS) is 1. The number of hydrogen-bond donors (Lipinski definition) is 2. The second kappa shape index (κ2) is 7.26. The maximum Gasteiger partial charge on any atom is 0.304 e. The van der Waals surface area contributed by atoms with Crippen molar-refractivity contribution in [1.82, 2.24) is 9.47 Å². The zero-order valence-corrected chi connectivity index (χ0v) is 13.1. The van der Waals surface area contributed by atoms with Crippen molar-refractivity contribution in [2.75, 3.05) is 13.6 Å². The first-order valence-electron chi connectivity index (χ1n) is 7.05. The predicted octanol–water partition coefficient (Wildman–Crippen LogP) is 1.42. The first kappa shape index (κ1) is 17.2. The Morgan fingerprint density at radius 3 is 2.57 bits per heavy atom. The molecule has 0 saturated carbocycles. The molecular weight excluding hydrogens is 272 g/mol. The van der Waals surface area contributed by atoms with Gasteiger partial charge in [0.1, 0.15) is 0 Å². The minimum absolute atomic E-state index is 0.0253. The van der Waals surface area contributed by atoms with Gasteiger partial charge in [0.05, 0.1) is 12.1 Å². The molecule has 0 fully saturated rings. The maximum absolute atomic E-state index is 11.8. The summed E-state index contributed by atoms with van der Waals surface area (Å²) in [4.78, 5) is 24.2. The molecule has 1 aromatic heterocycles. The molecule has 1 rings (SSSR count). The van der Waals surface area contributed by atoms with Crippen LogP contribution in [0.5, 0.6) is 5.75 Å². The Kier molecular flexibility index (Phi) is 5.96. The smallest absolute Gasteiger partial charge is 0.304 e. The monoisotopic (exact) mass is 296 g/mol. The van der Waals surface area contributed by atoms with Gasteiger partial charge in [-0.15, -0.1) is 0 Å². The normalized spacial score (nSPS) is 11.3. The number of carboxylic acids is 1. The highest BCUT2D eigenvalue weighted by molar-refractivity contribution is 5.66. The standard InChI is InChI=1S/C15H24N2O4/c1-10(2)8-17-11(3)7-13(18)15(21)12(17)9-16(4)6-5-14(19)20/h7,10,21H,5-6,8-9H2,1-4H3,(H,19,20). The molecule has 6 nitrogen and oxygen atoms in total. The number of hydrogen-bond acceptors (Lipinski definition) is 4. The fourth-order valence-electron chi connectivity index (χ4n) is 2.22.